The molecule has 0 aromatic heterocycles. The molecule has 2 rings (SSSR count). The Bertz CT molecular complexity index is 236. The van der Waals surface area contributed by atoms with Gasteiger partial charge in [-0.2, -0.15) is 0 Å². The van der Waals surface area contributed by atoms with Gasteiger partial charge in [0.15, 0.2) is 0 Å². The quantitative estimate of drug-likeness (QED) is 0.625. The Morgan fingerprint density at radius 1 is 1.50 bits per heavy atom. The maximum absolute atomic E-state index is 11.6. The molecule has 0 radical (unpaired) electrons. The maximum Gasteiger partial charge on any atom is 0.246 e. The predicted octanol–water partition coefficient (Wildman–Crippen LogP) is 0.773. The zero-order valence-electron chi connectivity index (χ0n) is 8.70. The molecule has 2 aliphatic rings. The summed E-state index contributed by atoms with van der Waals surface area (Å²) in [6.45, 7) is 4.85. The molecule has 0 saturated carbocycles. The third-order valence-electron chi connectivity index (χ3n) is 3.22. The fourth-order valence-electron chi connectivity index (χ4n) is 2.47. The van der Waals surface area contributed by atoms with E-state index in [9.17, 15) is 4.79 Å². The Balaban J connectivity index is 1.95. The zero-order valence-corrected chi connectivity index (χ0v) is 8.70. The predicted molar refractivity (Wildman–Crippen MR) is 55.9 cm³/mol. The second-order valence-electron chi connectivity index (χ2n) is 4.21. The highest BCUT2D eigenvalue weighted by molar-refractivity contribution is 5.87. The topological polar surface area (TPSA) is 32.3 Å². The summed E-state index contributed by atoms with van der Waals surface area (Å²) in [7, 11) is 0. The van der Waals surface area contributed by atoms with Gasteiger partial charge in [0.2, 0.25) is 5.91 Å². The Labute approximate surface area is 85.2 Å². The number of nitrogens with one attached hydrogen (secondary N) is 1. The minimum absolute atomic E-state index is 0.170. The van der Waals surface area contributed by atoms with Crippen LogP contribution in [0.1, 0.15) is 19.8 Å². The highest BCUT2D eigenvalue weighted by Crippen LogP contribution is 2.24. The smallest absolute Gasteiger partial charge is 0.246 e. The number of piperidine rings is 1. The van der Waals surface area contributed by atoms with Gasteiger partial charge < -0.3 is 10.2 Å². The van der Waals surface area contributed by atoms with Crippen molar-refractivity contribution in [1.82, 2.24) is 10.2 Å². The molecule has 1 N–H and O–H groups in total. The minimum atomic E-state index is 0.170. The molecule has 3 nitrogen and oxygen atoms in total. The van der Waals surface area contributed by atoms with Crippen molar-refractivity contribution in [3.05, 3.63) is 12.2 Å². The van der Waals surface area contributed by atoms with E-state index < -0.39 is 0 Å². The van der Waals surface area contributed by atoms with Gasteiger partial charge in [0, 0.05) is 19.1 Å². The summed E-state index contributed by atoms with van der Waals surface area (Å²) in [6.07, 6.45) is 6.01. The molecule has 2 heterocycles. The molecule has 2 atom stereocenters. The molecule has 0 bridgehead atoms. The van der Waals surface area contributed by atoms with Gasteiger partial charge in [0.1, 0.15) is 0 Å². The molecule has 2 aliphatic heterocycles. The van der Waals surface area contributed by atoms with Crippen LogP contribution in [0.4, 0.5) is 0 Å². The highest BCUT2D eigenvalue weighted by atomic mass is 16.2. The van der Waals surface area contributed by atoms with Crippen LogP contribution in [0.15, 0.2) is 12.2 Å². The number of hydrogen-bond acceptors (Lipinski definition) is 2. The lowest BCUT2D eigenvalue weighted by atomic mass is 9.94. The molecule has 2 unspecified atom stereocenters. The Morgan fingerprint density at radius 3 is 3.07 bits per heavy atom. The van der Waals surface area contributed by atoms with Gasteiger partial charge in [0.05, 0.1) is 0 Å². The van der Waals surface area contributed by atoms with Crippen molar-refractivity contribution in [1.29, 1.82) is 0 Å². The van der Waals surface area contributed by atoms with E-state index in [1.54, 1.807) is 6.08 Å². The van der Waals surface area contributed by atoms with Gasteiger partial charge in [-0.1, -0.05) is 6.08 Å². The number of allylic oxidation sites excluding steroid dienone is 1. The van der Waals surface area contributed by atoms with Gasteiger partial charge in [0.25, 0.3) is 0 Å². The third kappa shape index (κ3) is 1.82. The summed E-state index contributed by atoms with van der Waals surface area (Å²) in [5.41, 5.74) is 0. The Kier molecular flexibility index (Phi) is 2.87. The first kappa shape index (κ1) is 9.71. The number of likely N-dealkylation sites (tertiary alicyclic amines) is 1. The normalized spacial score (nSPS) is 32.2. The number of carbonyl (C=O) groups excluding carboxylic acids is 1. The largest absolute Gasteiger partial charge is 0.337 e. The maximum atomic E-state index is 11.6. The van der Waals surface area contributed by atoms with E-state index >= 15 is 0 Å². The molecule has 0 spiro atoms. The first-order valence-electron chi connectivity index (χ1n) is 5.46. The second-order valence-corrected chi connectivity index (χ2v) is 4.21. The number of amides is 1. The van der Waals surface area contributed by atoms with E-state index in [-0.39, 0.29) is 5.91 Å². The van der Waals surface area contributed by atoms with Crippen LogP contribution in [0, 0.1) is 5.92 Å². The summed E-state index contributed by atoms with van der Waals surface area (Å²) in [6, 6.07) is 0.554. The van der Waals surface area contributed by atoms with E-state index in [0.29, 0.717) is 12.0 Å². The van der Waals surface area contributed by atoms with E-state index in [1.807, 2.05) is 17.9 Å². The van der Waals surface area contributed by atoms with Crippen LogP contribution >= 0.6 is 0 Å². The standard InChI is InChI=1S/C11H18N2O/c1-2-4-11(14)13-7-9-5-3-6-12-10(9)8-13/h2,4,9-10,12H,3,5-8H2,1H3/b4-2+. The third-order valence-corrected chi connectivity index (χ3v) is 3.22. The average Bonchev–Trinajstić information content (AvgIpc) is 2.61. The number of fused-ring (bicyclic) bond motifs is 1. The summed E-state index contributed by atoms with van der Waals surface area (Å²) < 4.78 is 0. The van der Waals surface area contributed by atoms with Crippen LogP contribution in [0.25, 0.3) is 0 Å². The van der Waals surface area contributed by atoms with Crippen LogP contribution in [0.3, 0.4) is 0 Å². The molecule has 14 heavy (non-hydrogen) atoms. The van der Waals surface area contributed by atoms with Crippen molar-refractivity contribution in [2.45, 2.75) is 25.8 Å². The average molecular weight is 194 g/mol. The molecule has 0 aliphatic carbocycles. The van der Waals surface area contributed by atoms with Crippen LogP contribution in [-0.2, 0) is 4.79 Å². The van der Waals surface area contributed by atoms with E-state index in [0.717, 1.165) is 19.6 Å². The molecular weight excluding hydrogens is 176 g/mol. The number of rotatable bonds is 1. The molecule has 2 saturated heterocycles. The summed E-state index contributed by atoms with van der Waals surface area (Å²) in [5.74, 6) is 0.863. The van der Waals surface area contributed by atoms with E-state index in [2.05, 4.69) is 5.32 Å². The number of nitrogens with zero attached hydrogens (tertiary/aromatic N) is 1. The SMILES string of the molecule is C/C=C/C(=O)N1CC2CCCNC2C1. The van der Waals surface area contributed by atoms with Crippen molar-refractivity contribution in [2.75, 3.05) is 19.6 Å². The lowest BCUT2D eigenvalue weighted by molar-refractivity contribution is -0.125. The van der Waals surface area contributed by atoms with Crippen LogP contribution < -0.4 is 5.32 Å². The molecule has 3 heteroatoms. The van der Waals surface area contributed by atoms with Gasteiger partial charge in [-0.05, 0) is 38.3 Å². The van der Waals surface area contributed by atoms with Crippen molar-refractivity contribution in [3.8, 4) is 0 Å². The van der Waals surface area contributed by atoms with Crippen LogP contribution in [-0.4, -0.2) is 36.5 Å². The van der Waals surface area contributed by atoms with E-state index in [1.165, 1.54) is 12.8 Å². The Hall–Kier alpha value is -0.830. The minimum Gasteiger partial charge on any atom is -0.337 e. The van der Waals surface area contributed by atoms with Crippen molar-refractivity contribution in [2.24, 2.45) is 5.92 Å². The van der Waals surface area contributed by atoms with Crippen molar-refractivity contribution >= 4 is 5.91 Å². The first-order chi connectivity index (χ1) is 6.81. The second kappa shape index (κ2) is 4.13. The van der Waals surface area contributed by atoms with Gasteiger partial charge in [-0.25, -0.2) is 0 Å². The molecule has 0 aromatic rings. The lowest BCUT2D eigenvalue weighted by Gasteiger charge is -2.24. The van der Waals surface area contributed by atoms with E-state index in [4.69, 9.17) is 0 Å². The highest BCUT2D eigenvalue weighted by Gasteiger charge is 2.35. The molecule has 78 valence electrons. The molecule has 1 amide bonds. The van der Waals surface area contributed by atoms with Gasteiger partial charge in [-0.3, -0.25) is 4.79 Å². The molecular formula is C11H18N2O. The van der Waals surface area contributed by atoms with Gasteiger partial charge >= 0.3 is 0 Å². The number of carbonyl (C=O) groups is 1. The zero-order chi connectivity index (χ0) is 9.97. The van der Waals surface area contributed by atoms with Crippen molar-refractivity contribution < 1.29 is 4.79 Å². The molecule has 2 fully saturated rings. The fourth-order valence-corrected chi connectivity index (χ4v) is 2.47. The van der Waals surface area contributed by atoms with Crippen LogP contribution in [0.5, 0.6) is 0 Å². The molecule has 0 aromatic carbocycles. The monoisotopic (exact) mass is 194 g/mol. The fraction of sp³-hybridized carbons (Fsp3) is 0.727. The first-order valence-corrected chi connectivity index (χ1v) is 5.46. The Morgan fingerprint density at radius 2 is 2.36 bits per heavy atom. The summed E-state index contributed by atoms with van der Waals surface area (Å²) >= 11 is 0. The van der Waals surface area contributed by atoms with Crippen molar-refractivity contribution in [3.63, 3.8) is 0 Å². The summed E-state index contributed by atoms with van der Waals surface area (Å²) in [4.78, 5) is 13.6. The lowest BCUT2D eigenvalue weighted by Crippen LogP contribution is -2.40. The number of hydrogen-bond donors (Lipinski definition) is 1. The van der Waals surface area contributed by atoms with Crippen LogP contribution in [0.2, 0.25) is 0 Å². The van der Waals surface area contributed by atoms with Gasteiger partial charge in [-0.15, -0.1) is 0 Å². The summed E-state index contributed by atoms with van der Waals surface area (Å²) in [5, 5.41) is 3.49.